The maximum atomic E-state index is 12.2. The fourth-order valence-corrected chi connectivity index (χ4v) is 3.85. The minimum Gasteiger partial charge on any atom is -0.369 e. The van der Waals surface area contributed by atoms with Crippen molar-refractivity contribution in [1.29, 1.82) is 0 Å². The van der Waals surface area contributed by atoms with Crippen LogP contribution in [0, 0.1) is 0 Å². The van der Waals surface area contributed by atoms with E-state index in [-0.39, 0.29) is 5.56 Å². The second-order valence-electron chi connectivity index (χ2n) is 7.01. The number of anilines is 2. The zero-order valence-electron chi connectivity index (χ0n) is 15.8. The number of hydrogen-bond acceptors (Lipinski definition) is 8. The summed E-state index contributed by atoms with van der Waals surface area (Å²) in [4.78, 5) is 27.8. The van der Waals surface area contributed by atoms with E-state index in [9.17, 15) is 4.79 Å². The third kappa shape index (κ3) is 3.65. The molecule has 0 amide bonds. The van der Waals surface area contributed by atoms with Crippen molar-refractivity contribution in [3.05, 3.63) is 40.7 Å². The Morgan fingerprint density at radius 2 is 1.96 bits per heavy atom. The Bertz CT molecular complexity index is 1000. The summed E-state index contributed by atoms with van der Waals surface area (Å²) in [5.74, 6) is 0.892. The second-order valence-corrected chi connectivity index (χ2v) is 7.74. The number of benzene rings is 1. The van der Waals surface area contributed by atoms with E-state index in [1.165, 1.54) is 16.1 Å². The minimum absolute atomic E-state index is 0.00998. The number of nitrogens with zero attached hydrogens (tertiary/aromatic N) is 7. The van der Waals surface area contributed by atoms with Crippen molar-refractivity contribution in [3.8, 4) is 0 Å². The quantitative estimate of drug-likeness (QED) is 0.668. The zero-order chi connectivity index (χ0) is 19.0. The highest BCUT2D eigenvalue weighted by atomic mass is 32.1. The molecule has 0 N–H and O–H groups in total. The molecule has 1 aliphatic rings. The molecular weight excluding hydrogens is 362 g/mol. The molecule has 4 rings (SSSR count). The van der Waals surface area contributed by atoms with Gasteiger partial charge in [0.05, 0.1) is 23.8 Å². The first-order chi connectivity index (χ1) is 13.0. The molecule has 0 radical (unpaired) electrons. The lowest BCUT2D eigenvalue weighted by atomic mass is 10.2. The van der Waals surface area contributed by atoms with E-state index in [1.807, 2.05) is 37.2 Å². The van der Waals surface area contributed by atoms with Crippen molar-refractivity contribution in [2.45, 2.75) is 6.54 Å². The largest absolute Gasteiger partial charge is 0.369 e. The second kappa shape index (κ2) is 7.24. The summed E-state index contributed by atoms with van der Waals surface area (Å²) in [5, 5.41) is 1.60. The predicted octanol–water partition coefficient (Wildman–Crippen LogP) is 1.17. The average molecular weight is 385 g/mol. The summed E-state index contributed by atoms with van der Waals surface area (Å²) in [6.07, 6.45) is 1.58. The van der Waals surface area contributed by atoms with Crippen LogP contribution in [0.4, 0.5) is 10.8 Å². The Morgan fingerprint density at radius 1 is 1.19 bits per heavy atom. The molecule has 0 aliphatic carbocycles. The smallest absolute Gasteiger partial charge is 0.260 e. The van der Waals surface area contributed by atoms with Gasteiger partial charge in [0.1, 0.15) is 0 Å². The van der Waals surface area contributed by atoms with Crippen LogP contribution >= 0.6 is 11.5 Å². The normalized spacial score (nSPS) is 15.4. The molecule has 1 saturated heterocycles. The van der Waals surface area contributed by atoms with Gasteiger partial charge in [0.2, 0.25) is 5.13 Å². The zero-order valence-corrected chi connectivity index (χ0v) is 16.6. The molecule has 0 atom stereocenters. The van der Waals surface area contributed by atoms with Crippen LogP contribution in [0.1, 0.15) is 5.82 Å². The van der Waals surface area contributed by atoms with E-state index in [0.29, 0.717) is 5.39 Å². The molecule has 142 valence electrons. The topological polar surface area (TPSA) is 70.4 Å². The molecule has 2 aromatic heterocycles. The van der Waals surface area contributed by atoms with Crippen molar-refractivity contribution in [2.24, 2.45) is 7.05 Å². The first kappa shape index (κ1) is 17.9. The predicted molar refractivity (Wildman–Crippen MR) is 109 cm³/mol. The van der Waals surface area contributed by atoms with Crippen LogP contribution in [-0.4, -0.2) is 64.1 Å². The van der Waals surface area contributed by atoms with Crippen LogP contribution < -0.4 is 15.4 Å². The molecule has 0 saturated carbocycles. The summed E-state index contributed by atoms with van der Waals surface area (Å²) >= 11 is 1.44. The molecule has 27 heavy (non-hydrogen) atoms. The van der Waals surface area contributed by atoms with E-state index in [2.05, 4.69) is 24.1 Å². The molecule has 8 nitrogen and oxygen atoms in total. The third-order valence-corrected chi connectivity index (χ3v) is 5.77. The molecule has 3 heterocycles. The lowest BCUT2D eigenvalue weighted by Crippen LogP contribution is -2.46. The summed E-state index contributed by atoms with van der Waals surface area (Å²) in [5.41, 5.74) is 1.86. The van der Waals surface area contributed by atoms with Gasteiger partial charge < -0.3 is 14.4 Å². The molecule has 0 unspecified atom stereocenters. The monoisotopic (exact) mass is 385 g/mol. The Hall–Kier alpha value is -2.52. The van der Waals surface area contributed by atoms with Gasteiger partial charge in [-0.25, -0.2) is 9.97 Å². The van der Waals surface area contributed by atoms with Crippen molar-refractivity contribution < 1.29 is 0 Å². The van der Waals surface area contributed by atoms with Crippen molar-refractivity contribution >= 4 is 33.3 Å². The van der Waals surface area contributed by atoms with Gasteiger partial charge >= 0.3 is 0 Å². The van der Waals surface area contributed by atoms with Gasteiger partial charge in [0, 0.05) is 64.5 Å². The van der Waals surface area contributed by atoms with Crippen LogP contribution in [0.3, 0.4) is 0 Å². The Labute approximate surface area is 161 Å². The molecule has 3 aromatic rings. The van der Waals surface area contributed by atoms with Gasteiger partial charge in [-0.05, 0) is 18.2 Å². The SMILES string of the molecule is CN(C)c1nc(CN2CCN(c3ccc4c(=O)n(C)cnc4c3)CC2)ns1. The van der Waals surface area contributed by atoms with Crippen molar-refractivity contribution in [2.75, 3.05) is 50.1 Å². The first-order valence-corrected chi connectivity index (χ1v) is 9.71. The van der Waals surface area contributed by atoms with Crippen LogP contribution in [0.5, 0.6) is 0 Å². The Morgan fingerprint density at radius 3 is 2.67 bits per heavy atom. The summed E-state index contributed by atoms with van der Waals surface area (Å²) in [6.45, 7) is 4.56. The van der Waals surface area contributed by atoms with Gasteiger partial charge in [-0.2, -0.15) is 4.37 Å². The van der Waals surface area contributed by atoms with Gasteiger partial charge in [0.15, 0.2) is 5.82 Å². The highest BCUT2D eigenvalue weighted by Crippen LogP contribution is 2.21. The molecule has 9 heteroatoms. The van der Waals surface area contributed by atoms with Gasteiger partial charge in [-0.1, -0.05) is 0 Å². The highest BCUT2D eigenvalue weighted by molar-refractivity contribution is 7.09. The van der Waals surface area contributed by atoms with Gasteiger partial charge in [-0.3, -0.25) is 9.69 Å². The number of rotatable bonds is 4. The van der Waals surface area contributed by atoms with E-state index < -0.39 is 0 Å². The molecule has 1 fully saturated rings. The number of fused-ring (bicyclic) bond motifs is 1. The lowest BCUT2D eigenvalue weighted by molar-refractivity contribution is 0.245. The Kier molecular flexibility index (Phi) is 4.79. The van der Waals surface area contributed by atoms with Crippen molar-refractivity contribution in [3.63, 3.8) is 0 Å². The maximum Gasteiger partial charge on any atom is 0.260 e. The highest BCUT2D eigenvalue weighted by Gasteiger charge is 2.19. The van der Waals surface area contributed by atoms with Crippen LogP contribution in [0.2, 0.25) is 0 Å². The van der Waals surface area contributed by atoms with Crippen LogP contribution in [0.25, 0.3) is 10.9 Å². The van der Waals surface area contributed by atoms with E-state index in [1.54, 1.807) is 13.4 Å². The van der Waals surface area contributed by atoms with Crippen molar-refractivity contribution in [1.82, 2.24) is 23.8 Å². The molecule has 1 aromatic carbocycles. The van der Waals surface area contributed by atoms with Crippen LogP contribution in [0.15, 0.2) is 29.3 Å². The van der Waals surface area contributed by atoms with E-state index in [0.717, 1.165) is 54.9 Å². The minimum atomic E-state index is -0.00998. The van der Waals surface area contributed by atoms with E-state index in [4.69, 9.17) is 0 Å². The average Bonchev–Trinajstić information content (AvgIpc) is 3.14. The van der Waals surface area contributed by atoms with Crippen LogP contribution in [-0.2, 0) is 13.6 Å². The number of aromatic nitrogens is 4. The molecule has 0 spiro atoms. The van der Waals surface area contributed by atoms with E-state index >= 15 is 0 Å². The molecule has 0 bridgehead atoms. The number of hydrogen-bond donors (Lipinski definition) is 0. The summed E-state index contributed by atoms with van der Waals surface area (Å²) < 4.78 is 5.96. The number of piperazine rings is 1. The standard InChI is InChI=1S/C18H23N7OS/c1-22(2)18-20-16(21-27-18)11-24-6-8-25(9-7-24)13-4-5-14-15(10-13)19-12-23(3)17(14)26/h4-5,10,12H,6-9,11H2,1-3H3. The maximum absolute atomic E-state index is 12.2. The number of aryl methyl sites for hydroxylation is 1. The van der Waals surface area contributed by atoms with Gasteiger partial charge in [0.25, 0.3) is 5.56 Å². The summed E-state index contributed by atoms with van der Waals surface area (Å²) in [6, 6.07) is 5.92. The van der Waals surface area contributed by atoms with Gasteiger partial charge in [-0.15, -0.1) is 0 Å². The fourth-order valence-electron chi connectivity index (χ4n) is 3.25. The third-order valence-electron chi connectivity index (χ3n) is 4.84. The lowest BCUT2D eigenvalue weighted by Gasteiger charge is -2.35. The molecule has 1 aliphatic heterocycles. The molecular formula is C18H23N7OS. The Balaban J connectivity index is 1.42. The summed E-state index contributed by atoms with van der Waals surface area (Å²) in [7, 11) is 5.69. The first-order valence-electron chi connectivity index (χ1n) is 8.94. The fraction of sp³-hybridized carbons (Fsp3) is 0.444.